The lowest BCUT2D eigenvalue weighted by Crippen LogP contribution is -2.15. The molecular weight excluding hydrogens is 502 g/mol. The lowest BCUT2D eigenvalue weighted by atomic mass is 10.3. The third-order valence-electron chi connectivity index (χ3n) is 3.89. The summed E-state index contributed by atoms with van der Waals surface area (Å²) < 4.78 is 7.56. The van der Waals surface area contributed by atoms with Crippen LogP contribution in [0.1, 0.15) is 5.82 Å². The van der Waals surface area contributed by atoms with Gasteiger partial charge in [0.1, 0.15) is 12.4 Å². The molecule has 0 bridgehead atoms. The Balaban J connectivity index is 1.63. The van der Waals surface area contributed by atoms with Gasteiger partial charge in [0.15, 0.2) is 11.0 Å². The average molecular weight is 518 g/mol. The van der Waals surface area contributed by atoms with E-state index in [1.165, 1.54) is 11.8 Å². The van der Waals surface area contributed by atoms with Crippen LogP contribution >= 0.6 is 58.2 Å². The van der Waals surface area contributed by atoms with Crippen LogP contribution in [0.5, 0.6) is 5.75 Å². The third kappa shape index (κ3) is 6.54. The number of carbonyl (C=O) groups is 1. The van der Waals surface area contributed by atoms with Crippen LogP contribution in [0.25, 0.3) is 0 Å². The van der Waals surface area contributed by atoms with Gasteiger partial charge in [0.2, 0.25) is 5.91 Å². The second-order valence-corrected chi connectivity index (χ2v) is 8.73. The lowest BCUT2D eigenvalue weighted by molar-refractivity contribution is -0.113. The number of hydrogen-bond donors (Lipinski definition) is 1. The van der Waals surface area contributed by atoms with E-state index < -0.39 is 0 Å². The molecule has 1 N–H and O–H groups in total. The van der Waals surface area contributed by atoms with Crippen molar-refractivity contribution in [1.82, 2.24) is 14.8 Å². The predicted octanol–water partition coefficient (Wildman–Crippen LogP) is 6.39. The Morgan fingerprint density at radius 1 is 1.10 bits per heavy atom. The van der Waals surface area contributed by atoms with Gasteiger partial charge in [0, 0.05) is 17.3 Å². The first-order chi connectivity index (χ1) is 14.9. The van der Waals surface area contributed by atoms with Crippen molar-refractivity contribution >= 4 is 69.8 Å². The lowest BCUT2D eigenvalue weighted by Gasteiger charge is -2.10. The molecule has 6 nitrogen and oxygen atoms in total. The van der Waals surface area contributed by atoms with E-state index in [1.54, 1.807) is 42.5 Å². The molecule has 0 aliphatic rings. The molecule has 0 saturated carbocycles. The number of anilines is 1. The third-order valence-corrected chi connectivity index (χ3v) is 6.13. The Kier molecular flexibility index (Phi) is 8.51. The Morgan fingerprint density at radius 2 is 1.90 bits per heavy atom. The minimum absolute atomic E-state index is 0.124. The molecule has 0 radical (unpaired) electrons. The summed E-state index contributed by atoms with van der Waals surface area (Å²) in [5, 5.41) is 13.4. The molecule has 0 saturated heterocycles. The van der Waals surface area contributed by atoms with Gasteiger partial charge in [-0.1, -0.05) is 64.2 Å². The highest BCUT2D eigenvalue weighted by Gasteiger charge is 2.15. The molecule has 1 heterocycles. The number of amides is 1. The number of carbonyl (C=O) groups excluding carboxylic acids is 1. The molecule has 0 spiro atoms. The van der Waals surface area contributed by atoms with Crippen LogP contribution in [-0.2, 0) is 17.9 Å². The van der Waals surface area contributed by atoms with Gasteiger partial charge >= 0.3 is 0 Å². The molecule has 0 aliphatic carbocycles. The minimum Gasteiger partial charge on any atom is -0.484 e. The fraction of sp³-hybridized carbons (Fsp3) is 0.150. The second-order valence-electron chi connectivity index (χ2n) is 6.13. The molecular formula is C20H16Cl4N4O2S. The molecule has 0 unspecified atom stereocenters. The molecule has 31 heavy (non-hydrogen) atoms. The van der Waals surface area contributed by atoms with E-state index in [4.69, 9.17) is 51.1 Å². The summed E-state index contributed by atoms with van der Waals surface area (Å²) in [6.45, 7) is 4.35. The highest BCUT2D eigenvalue weighted by atomic mass is 35.5. The van der Waals surface area contributed by atoms with Crippen molar-refractivity contribution in [1.29, 1.82) is 0 Å². The monoisotopic (exact) mass is 516 g/mol. The summed E-state index contributed by atoms with van der Waals surface area (Å²) in [5.74, 6) is 0.953. The number of aromatic nitrogens is 3. The van der Waals surface area contributed by atoms with Gasteiger partial charge in [-0.25, -0.2) is 0 Å². The Morgan fingerprint density at radius 3 is 2.61 bits per heavy atom. The highest BCUT2D eigenvalue weighted by molar-refractivity contribution is 7.99. The Labute approximate surface area is 203 Å². The summed E-state index contributed by atoms with van der Waals surface area (Å²) in [6, 6.07) is 9.85. The summed E-state index contributed by atoms with van der Waals surface area (Å²) in [7, 11) is 0. The fourth-order valence-electron chi connectivity index (χ4n) is 2.48. The van der Waals surface area contributed by atoms with Gasteiger partial charge < -0.3 is 10.1 Å². The summed E-state index contributed by atoms with van der Waals surface area (Å²) in [6.07, 6.45) is 1.71. The fourth-order valence-corrected chi connectivity index (χ4v) is 4.01. The molecule has 3 aromatic rings. The van der Waals surface area contributed by atoms with Crippen molar-refractivity contribution in [2.75, 3.05) is 11.1 Å². The van der Waals surface area contributed by atoms with E-state index >= 15 is 0 Å². The van der Waals surface area contributed by atoms with Crippen LogP contribution in [0.3, 0.4) is 0 Å². The quantitative estimate of drug-likeness (QED) is 0.263. The number of thioether (sulfide) groups is 1. The number of allylic oxidation sites excluding steroid dienone is 1. The SMILES string of the molecule is C=CCn1c(COc2ccc(Cl)cc2Cl)nnc1SCC(=O)Nc1ccc(Cl)c(Cl)c1. The number of rotatable bonds is 9. The summed E-state index contributed by atoms with van der Waals surface area (Å²) in [4.78, 5) is 12.3. The topological polar surface area (TPSA) is 69.0 Å². The van der Waals surface area contributed by atoms with Crippen LogP contribution in [0, 0.1) is 0 Å². The molecule has 0 aliphatic heterocycles. The van der Waals surface area contributed by atoms with Crippen molar-refractivity contribution < 1.29 is 9.53 Å². The number of hydrogen-bond acceptors (Lipinski definition) is 5. The minimum atomic E-state index is -0.220. The van der Waals surface area contributed by atoms with Crippen molar-refractivity contribution in [2.45, 2.75) is 18.3 Å². The van der Waals surface area contributed by atoms with Crippen LogP contribution in [-0.4, -0.2) is 26.4 Å². The molecule has 0 fully saturated rings. The smallest absolute Gasteiger partial charge is 0.234 e. The molecule has 0 atom stereocenters. The van der Waals surface area contributed by atoms with Crippen LogP contribution < -0.4 is 10.1 Å². The molecule has 2 aromatic carbocycles. The average Bonchev–Trinajstić information content (AvgIpc) is 3.10. The largest absolute Gasteiger partial charge is 0.484 e. The van der Waals surface area contributed by atoms with Gasteiger partial charge in [-0.2, -0.15) is 0 Å². The zero-order valence-electron chi connectivity index (χ0n) is 15.9. The number of ether oxygens (including phenoxy) is 1. The maximum Gasteiger partial charge on any atom is 0.234 e. The van der Waals surface area contributed by atoms with Gasteiger partial charge in [0.25, 0.3) is 0 Å². The number of halogens is 4. The van der Waals surface area contributed by atoms with E-state index in [0.717, 1.165) is 0 Å². The van der Waals surface area contributed by atoms with Gasteiger partial charge in [-0.3, -0.25) is 9.36 Å². The highest BCUT2D eigenvalue weighted by Crippen LogP contribution is 2.29. The maximum absolute atomic E-state index is 12.3. The molecule has 1 aromatic heterocycles. The van der Waals surface area contributed by atoms with Crippen LogP contribution in [0.4, 0.5) is 5.69 Å². The van der Waals surface area contributed by atoms with Gasteiger partial charge in [0.05, 0.1) is 20.8 Å². The van der Waals surface area contributed by atoms with E-state index in [9.17, 15) is 4.79 Å². The van der Waals surface area contributed by atoms with E-state index in [0.29, 0.717) is 49.1 Å². The number of nitrogens with zero attached hydrogens (tertiary/aromatic N) is 3. The molecule has 11 heteroatoms. The normalized spacial score (nSPS) is 10.7. The first-order valence-corrected chi connectivity index (χ1v) is 11.4. The van der Waals surface area contributed by atoms with E-state index in [1.807, 2.05) is 4.57 Å². The molecule has 162 valence electrons. The van der Waals surface area contributed by atoms with Crippen LogP contribution in [0.15, 0.2) is 54.2 Å². The van der Waals surface area contributed by atoms with Crippen molar-refractivity contribution in [3.63, 3.8) is 0 Å². The zero-order valence-corrected chi connectivity index (χ0v) is 19.8. The Hall–Kier alpha value is -1.90. The van der Waals surface area contributed by atoms with Crippen LogP contribution in [0.2, 0.25) is 20.1 Å². The standard InChI is InChI=1S/C20H16Cl4N4O2S/c1-2-7-28-18(10-30-17-6-3-12(21)8-16(17)24)26-27-20(28)31-11-19(29)25-13-4-5-14(22)15(23)9-13/h2-6,8-9H,1,7,10-11H2,(H,25,29). The first kappa shape index (κ1) is 23.8. The van der Waals surface area contributed by atoms with Gasteiger partial charge in [-0.05, 0) is 36.4 Å². The first-order valence-electron chi connectivity index (χ1n) is 8.86. The summed E-state index contributed by atoms with van der Waals surface area (Å²) in [5.41, 5.74) is 0.557. The second kappa shape index (κ2) is 11.1. The predicted molar refractivity (Wildman–Crippen MR) is 127 cm³/mol. The van der Waals surface area contributed by atoms with E-state index in [2.05, 4.69) is 22.1 Å². The number of nitrogens with one attached hydrogen (secondary N) is 1. The summed E-state index contributed by atoms with van der Waals surface area (Å²) >= 11 is 25.1. The molecule has 3 rings (SSSR count). The zero-order chi connectivity index (χ0) is 22.4. The Bertz CT molecular complexity index is 1110. The van der Waals surface area contributed by atoms with Crippen molar-refractivity contribution in [3.05, 3.63) is 75.0 Å². The van der Waals surface area contributed by atoms with Crippen molar-refractivity contribution in [3.8, 4) is 5.75 Å². The number of benzene rings is 2. The maximum atomic E-state index is 12.3. The van der Waals surface area contributed by atoms with Crippen molar-refractivity contribution in [2.24, 2.45) is 0 Å². The van der Waals surface area contributed by atoms with E-state index in [-0.39, 0.29) is 18.3 Å². The van der Waals surface area contributed by atoms with Gasteiger partial charge in [-0.15, -0.1) is 16.8 Å². The molecule has 1 amide bonds.